The van der Waals surface area contributed by atoms with Gasteiger partial charge in [0.15, 0.2) is 0 Å². The van der Waals surface area contributed by atoms with Crippen LogP contribution in [-0.2, 0) is 0 Å². The van der Waals surface area contributed by atoms with E-state index in [0.717, 1.165) is 11.5 Å². The number of nitrogen functional groups attached to an aromatic ring is 1. The lowest BCUT2D eigenvalue weighted by Gasteiger charge is -2.07. The van der Waals surface area contributed by atoms with Crippen molar-refractivity contribution in [3.05, 3.63) is 29.0 Å². The summed E-state index contributed by atoms with van der Waals surface area (Å²) in [6, 6.07) is 5.56. The van der Waals surface area contributed by atoms with Crippen LogP contribution >= 0.6 is 11.3 Å². The Bertz CT molecular complexity index is 442. The van der Waals surface area contributed by atoms with Crippen LogP contribution in [0, 0.1) is 0 Å². The average Bonchev–Trinajstić information content (AvgIpc) is 2.73. The third kappa shape index (κ3) is 2.19. The maximum atomic E-state index is 5.66. The summed E-state index contributed by atoms with van der Waals surface area (Å²) < 4.78 is 5.03. The molecule has 0 fully saturated rings. The number of ether oxygens (including phenoxy) is 1. The van der Waals surface area contributed by atoms with Crippen LogP contribution in [0.2, 0.25) is 0 Å². The van der Waals surface area contributed by atoms with E-state index in [0.29, 0.717) is 11.6 Å². The second kappa shape index (κ2) is 4.18. The fraction of sp³-hybridized carbons (Fsp3) is 0.100. The molecule has 0 spiro atoms. The zero-order valence-corrected chi connectivity index (χ0v) is 9.04. The van der Waals surface area contributed by atoms with Gasteiger partial charge in [-0.1, -0.05) is 0 Å². The molecule has 2 aromatic heterocycles. The lowest BCUT2D eigenvalue weighted by molar-refractivity contribution is 0.401. The van der Waals surface area contributed by atoms with Crippen molar-refractivity contribution in [2.75, 3.05) is 18.2 Å². The van der Waals surface area contributed by atoms with Gasteiger partial charge in [-0.05, 0) is 23.6 Å². The minimum absolute atomic E-state index is 0.440. The average molecular weight is 221 g/mol. The van der Waals surface area contributed by atoms with E-state index in [1.165, 1.54) is 0 Å². The van der Waals surface area contributed by atoms with Crippen LogP contribution in [0.25, 0.3) is 0 Å². The maximum Gasteiger partial charge on any atom is 0.238 e. The summed E-state index contributed by atoms with van der Waals surface area (Å²) in [6.07, 6.45) is 0. The van der Waals surface area contributed by atoms with E-state index in [9.17, 15) is 0 Å². The van der Waals surface area contributed by atoms with E-state index in [2.05, 4.69) is 10.3 Å². The third-order valence-electron chi connectivity index (χ3n) is 1.88. The molecule has 0 aliphatic rings. The van der Waals surface area contributed by atoms with E-state index in [1.54, 1.807) is 24.5 Å². The summed E-state index contributed by atoms with van der Waals surface area (Å²) in [5.74, 6) is 1.16. The standard InChI is InChI=1S/C10H11N3OS/c1-14-10-8(11)2-3-9(13-10)12-7-4-5-15-6-7/h2-6H,11H2,1H3,(H,12,13). The quantitative estimate of drug-likeness (QED) is 0.836. The lowest BCUT2D eigenvalue weighted by atomic mass is 10.4. The molecular weight excluding hydrogens is 210 g/mol. The van der Waals surface area contributed by atoms with Gasteiger partial charge in [0.25, 0.3) is 0 Å². The molecule has 2 rings (SSSR count). The molecule has 0 radical (unpaired) electrons. The topological polar surface area (TPSA) is 60.2 Å². The van der Waals surface area contributed by atoms with Gasteiger partial charge in [-0.3, -0.25) is 0 Å². The van der Waals surface area contributed by atoms with Crippen LogP contribution < -0.4 is 15.8 Å². The number of anilines is 3. The summed E-state index contributed by atoms with van der Waals surface area (Å²) in [4.78, 5) is 4.21. The number of nitrogens with two attached hydrogens (primary N) is 1. The molecule has 2 heterocycles. The Labute approximate surface area is 91.7 Å². The van der Waals surface area contributed by atoms with Crippen molar-refractivity contribution in [1.29, 1.82) is 0 Å². The van der Waals surface area contributed by atoms with Crippen LogP contribution in [0.3, 0.4) is 0 Å². The van der Waals surface area contributed by atoms with Crippen molar-refractivity contribution in [1.82, 2.24) is 4.98 Å². The summed E-state index contributed by atoms with van der Waals surface area (Å²) >= 11 is 1.63. The first-order valence-electron chi connectivity index (χ1n) is 4.39. The number of rotatable bonds is 3. The second-order valence-corrected chi connectivity index (χ2v) is 3.71. The Morgan fingerprint density at radius 2 is 2.27 bits per heavy atom. The smallest absolute Gasteiger partial charge is 0.238 e. The predicted octanol–water partition coefficient (Wildman–Crippen LogP) is 2.48. The molecule has 5 heteroatoms. The van der Waals surface area contributed by atoms with Gasteiger partial charge in [0.2, 0.25) is 5.88 Å². The van der Waals surface area contributed by atoms with Crippen LogP contribution in [0.4, 0.5) is 17.2 Å². The Morgan fingerprint density at radius 3 is 2.93 bits per heavy atom. The van der Waals surface area contributed by atoms with Crippen LogP contribution in [0.1, 0.15) is 0 Å². The third-order valence-corrected chi connectivity index (χ3v) is 2.56. The lowest BCUT2D eigenvalue weighted by Crippen LogP contribution is -1.98. The molecule has 0 saturated carbocycles. The van der Waals surface area contributed by atoms with Gasteiger partial charge in [-0.15, -0.1) is 0 Å². The van der Waals surface area contributed by atoms with Gasteiger partial charge >= 0.3 is 0 Å². The zero-order chi connectivity index (χ0) is 10.7. The maximum absolute atomic E-state index is 5.66. The molecule has 4 nitrogen and oxygen atoms in total. The largest absolute Gasteiger partial charge is 0.479 e. The summed E-state index contributed by atoms with van der Waals surface area (Å²) in [5.41, 5.74) is 7.21. The van der Waals surface area contributed by atoms with Gasteiger partial charge in [-0.25, -0.2) is 0 Å². The second-order valence-electron chi connectivity index (χ2n) is 2.93. The highest BCUT2D eigenvalue weighted by Crippen LogP contribution is 2.23. The summed E-state index contributed by atoms with van der Waals surface area (Å²) in [5, 5.41) is 7.15. The molecular formula is C10H11N3OS. The number of nitrogens with zero attached hydrogens (tertiary/aromatic N) is 1. The number of thiophene rings is 1. The van der Waals surface area contributed by atoms with E-state index >= 15 is 0 Å². The van der Waals surface area contributed by atoms with Crippen molar-refractivity contribution >= 4 is 28.5 Å². The summed E-state index contributed by atoms with van der Waals surface area (Å²) in [7, 11) is 1.55. The monoisotopic (exact) mass is 221 g/mol. The SMILES string of the molecule is COc1nc(Nc2ccsc2)ccc1N. The molecule has 15 heavy (non-hydrogen) atoms. The Kier molecular flexibility index (Phi) is 2.73. The van der Waals surface area contributed by atoms with E-state index in [1.807, 2.05) is 22.9 Å². The molecule has 3 N–H and O–H groups in total. The number of hydrogen-bond donors (Lipinski definition) is 2. The Hall–Kier alpha value is -1.75. The summed E-state index contributed by atoms with van der Waals surface area (Å²) in [6.45, 7) is 0. The molecule has 0 unspecified atom stereocenters. The van der Waals surface area contributed by atoms with Crippen LogP contribution in [-0.4, -0.2) is 12.1 Å². The highest BCUT2D eigenvalue weighted by molar-refractivity contribution is 7.08. The molecule has 78 valence electrons. The van der Waals surface area contributed by atoms with Crippen LogP contribution in [0.5, 0.6) is 5.88 Å². The molecule has 0 aliphatic carbocycles. The normalized spacial score (nSPS) is 9.93. The minimum Gasteiger partial charge on any atom is -0.479 e. The highest BCUT2D eigenvalue weighted by atomic mass is 32.1. The van der Waals surface area contributed by atoms with Gasteiger partial charge in [0.05, 0.1) is 18.5 Å². The molecule has 2 aromatic rings. The first kappa shape index (κ1) is 9.79. The van der Waals surface area contributed by atoms with Crippen molar-refractivity contribution < 1.29 is 4.74 Å². The first-order valence-corrected chi connectivity index (χ1v) is 5.33. The highest BCUT2D eigenvalue weighted by Gasteiger charge is 2.02. The molecule has 0 amide bonds. The fourth-order valence-electron chi connectivity index (χ4n) is 1.17. The molecule has 0 saturated heterocycles. The number of nitrogens with one attached hydrogen (secondary N) is 1. The number of pyridine rings is 1. The molecule has 0 atom stereocenters. The van der Waals surface area contributed by atoms with Crippen LogP contribution in [0.15, 0.2) is 29.0 Å². The first-order chi connectivity index (χ1) is 7.29. The fourth-order valence-corrected chi connectivity index (χ4v) is 1.76. The molecule has 0 bridgehead atoms. The van der Waals surface area contributed by atoms with Gasteiger partial charge < -0.3 is 15.8 Å². The van der Waals surface area contributed by atoms with E-state index in [4.69, 9.17) is 10.5 Å². The van der Waals surface area contributed by atoms with E-state index < -0.39 is 0 Å². The van der Waals surface area contributed by atoms with Gasteiger partial charge in [0.1, 0.15) is 5.82 Å². The predicted molar refractivity (Wildman–Crippen MR) is 62.8 cm³/mol. The van der Waals surface area contributed by atoms with Crippen molar-refractivity contribution in [2.24, 2.45) is 0 Å². The zero-order valence-electron chi connectivity index (χ0n) is 8.23. The van der Waals surface area contributed by atoms with Crippen molar-refractivity contribution in [3.63, 3.8) is 0 Å². The van der Waals surface area contributed by atoms with E-state index in [-0.39, 0.29) is 0 Å². The molecule has 0 aromatic carbocycles. The van der Waals surface area contributed by atoms with Crippen molar-refractivity contribution in [3.8, 4) is 5.88 Å². The number of aromatic nitrogens is 1. The number of methoxy groups -OCH3 is 1. The van der Waals surface area contributed by atoms with Gasteiger partial charge in [-0.2, -0.15) is 16.3 Å². The van der Waals surface area contributed by atoms with Crippen molar-refractivity contribution in [2.45, 2.75) is 0 Å². The molecule has 0 aliphatic heterocycles. The Balaban J connectivity index is 2.22. The number of hydrogen-bond acceptors (Lipinski definition) is 5. The minimum atomic E-state index is 0.440. The van der Waals surface area contributed by atoms with Gasteiger partial charge in [0, 0.05) is 5.38 Å². The Morgan fingerprint density at radius 1 is 1.40 bits per heavy atom.